The molecule has 0 bridgehead atoms. The van der Waals surface area contributed by atoms with Gasteiger partial charge in [0.1, 0.15) is 0 Å². The van der Waals surface area contributed by atoms with Crippen LogP contribution in [0.5, 0.6) is 0 Å². The summed E-state index contributed by atoms with van der Waals surface area (Å²) in [7, 11) is 0. The van der Waals surface area contributed by atoms with Crippen LogP contribution < -0.4 is 5.32 Å². The molecular weight excluding hydrogens is 326 g/mol. The van der Waals surface area contributed by atoms with E-state index in [9.17, 15) is 0 Å². The summed E-state index contributed by atoms with van der Waals surface area (Å²) in [5.74, 6) is 0. The molecule has 0 saturated heterocycles. The number of aryl methyl sites for hydroxylation is 2. The Morgan fingerprint density at radius 1 is 1.14 bits per heavy atom. The molecule has 108 valence electrons. The molecule has 0 amide bonds. The van der Waals surface area contributed by atoms with Crippen LogP contribution in [0, 0.1) is 13.8 Å². The topological polar surface area (TPSA) is 29.9 Å². The highest BCUT2D eigenvalue weighted by Gasteiger charge is 2.04. The summed E-state index contributed by atoms with van der Waals surface area (Å²) in [6, 6.07) is 12.6. The number of aromatic nitrogens is 2. The molecule has 21 heavy (non-hydrogen) atoms. The molecule has 0 atom stereocenters. The predicted octanol–water partition coefficient (Wildman–Crippen LogP) is 4.53. The minimum absolute atomic E-state index is 0.870. The molecule has 0 fully saturated rings. The minimum Gasteiger partial charge on any atom is -0.383 e. The third kappa shape index (κ3) is 3.10. The van der Waals surface area contributed by atoms with Gasteiger partial charge >= 0.3 is 0 Å². The molecule has 3 nitrogen and oxygen atoms in total. The van der Waals surface area contributed by atoms with Gasteiger partial charge in [-0.05, 0) is 55.3 Å². The van der Waals surface area contributed by atoms with Gasteiger partial charge in [0, 0.05) is 23.2 Å². The van der Waals surface area contributed by atoms with E-state index in [1.54, 1.807) is 0 Å². The van der Waals surface area contributed by atoms with Crippen LogP contribution in [0.3, 0.4) is 0 Å². The number of anilines is 1. The van der Waals surface area contributed by atoms with Crippen LogP contribution in [0.4, 0.5) is 5.69 Å². The van der Waals surface area contributed by atoms with E-state index >= 15 is 0 Å². The van der Waals surface area contributed by atoms with Crippen LogP contribution in [-0.2, 0) is 6.54 Å². The lowest BCUT2D eigenvalue weighted by molar-refractivity contribution is 0.748. The first-order valence-corrected chi connectivity index (χ1v) is 7.84. The van der Waals surface area contributed by atoms with Crippen LogP contribution in [0.15, 0.2) is 47.2 Å². The summed E-state index contributed by atoms with van der Waals surface area (Å²) in [4.78, 5) is 4.49. The average Bonchev–Trinajstić information content (AvgIpc) is 2.82. The Morgan fingerprint density at radius 2 is 1.95 bits per heavy atom. The Kier molecular flexibility index (Phi) is 3.97. The highest BCUT2D eigenvalue weighted by molar-refractivity contribution is 9.10. The predicted molar refractivity (Wildman–Crippen MR) is 91.8 cm³/mol. The highest BCUT2D eigenvalue weighted by Crippen LogP contribution is 2.19. The van der Waals surface area contributed by atoms with E-state index in [0.29, 0.717) is 0 Å². The van der Waals surface area contributed by atoms with Crippen molar-refractivity contribution in [2.24, 2.45) is 0 Å². The smallest absolute Gasteiger partial charge is 0.0958 e. The zero-order valence-corrected chi connectivity index (χ0v) is 13.8. The fourth-order valence-corrected chi connectivity index (χ4v) is 2.81. The van der Waals surface area contributed by atoms with Gasteiger partial charge in [-0.3, -0.25) is 0 Å². The molecule has 1 N–H and O–H groups in total. The van der Waals surface area contributed by atoms with Gasteiger partial charge in [0.2, 0.25) is 0 Å². The van der Waals surface area contributed by atoms with E-state index in [4.69, 9.17) is 0 Å². The van der Waals surface area contributed by atoms with Crippen LogP contribution in [0.1, 0.15) is 11.1 Å². The van der Waals surface area contributed by atoms with Crippen molar-refractivity contribution in [1.82, 2.24) is 9.55 Å². The van der Waals surface area contributed by atoms with Gasteiger partial charge in [0.05, 0.1) is 17.4 Å². The number of nitrogens with one attached hydrogen (secondary N) is 1. The van der Waals surface area contributed by atoms with E-state index in [1.165, 1.54) is 16.6 Å². The third-order valence-corrected chi connectivity index (χ3v) is 4.24. The van der Waals surface area contributed by atoms with Crippen LogP contribution in [0.25, 0.3) is 11.0 Å². The van der Waals surface area contributed by atoms with Gasteiger partial charge in [-0.25, -0.2) is 4.98 Å². The van der Waals surface area contributed by atoms with E-state index in [-0.39, 0.29) is 0 Å². The molecule has 3 rings (SSSR count). The Hall–Kier alpha value is -1.81. The summed E-state index contributed by atoms with van der Waals surface area (Å²) in [6.07, 6.45) is 1.92. The molecule has 0 unspecified atom stereocenters. The first-order valence-electron chi connectivity index (χ1n) is 7.05. The molecule has 4 heteroatoms. The molecule has 0 aliphatic heterocycles. The van der Waals surface area contributed by atoms with Crippen molar-refractivity contribution in [1.29, 1.82) is 0 Å². The zero-order chi connectivity index (χ0) is 14.8. The summed E-state index contributed by atoms with van der Waals surface area (Å²) < 4.78 is 3.29. The average molecular weight is 344 g/mol. The quantitative estimate of drug-likeness (QED) is 0.754. The number of hydrogen-bond acceptors (Lipinski definition) is 2. The van der Waals surface area contributed by atoms with Gasteiger partial charge in [-0.1, -0.05) is 22.0 Å². The van der Waals surface area contributed by atoms with Crippen LogP contribution in [0.2, 0.25) is 0 Å². The molecule has 0 radical (unpaired) electrons. The van der Waals surface area contributed by atoms with Gasteiger partial charge < -0.3 is 9.88 Å². The number of benzene rings is 2. The molecule has 0 aliphatic rings. The highest BCUT2D eigenvalue weighted by atomic mass is 79.9. The van der Waals surface area contributed by atoms with Gasteiger partial charge in [0.25, 0.3) is 0 Å². The molecule has 3 aromatic rings. The maximum atomic E-state index is 4.49. The number of imidazole rings is 1. The molecule has 1 heterocycles. The summed E-state index contributed by atoms with van der Waals surface area (Å²) in [5.41, 5.74) is 6.00. The second-order valence-corrected chi connectivity index (χ2v) is 6.22. The number of halogens is 1. The Balaban J connectivity index is 1.72. The molecular formula is C17H18BrN3. The van der Waals surface area contributed by atoms with Crippen molar-refractivity contribution in [3.63, 3.8) is 0 Å². The molecule has 1 aromatic heterocycles. The monoisotopic (exact) mass is 343 g/mol. The summed E-state index contributed by atoms with van der Waals surface area (Å²) in [6.45, 7) is 6.04. The van der Waals surface area contributed by atoms with Crippen molar-refractivity contribution in [3.05, 3.63) is 58.3 Å². The maximum Gasteiger partial charge on any atom is 0.0958 e. The number of fused-ring (bicyclic) bond motifs is 1. The van der Waals surface area contributed by atoms with Crippen molar-refractivity contribution in [3.8, 4) is 0 Å². The molecule has 0 aliphatic carbocycles. The number of nitrogens with zero attached hydrogens (tertiary/aromatic N) is 2. The van der Waals surface area contributed by atoms with E-state index in [2.05, 4.69) is 68.9 Å². The first-order chi connectivity index (χ1) is 10.1. The normalized spacial score (nSPS) is 11.0. The minimum atomic E-state index is 0.870. The second-order valence-electron chi connectivity index (χ2n) is 5.30. The number of rotatable bonds is 4. The van der Waals surface area contributed by atoms with Crippen molar-refractivity contribution in [2.45, 2.75) is 20.4 Å². The molecule has 0 saturated carbocycles. The maximum absolute atomic E-state index is 4.49. The van der Waals surface area contributed by atoms with Crippen molar-refractivity contribution in [2.75, 3.05) is 11.9 Å². The first kappa shape index (κ1) is 14.1. The van der Waals surface area contributed by atoms with Gasteiger partial charge in [0.15, 0.2) is 0 Å². The Labute approximate surface area is 133 Å². The Morgan fingerprint density at radius 3 is 2.76 bits per heavy atom. The van der Waals surface area contributed by atoms with Crippen LogP contribution in [-0.4, -0.2) is 16.1 Å². The summed E-state index contributed by atoms with van der Waals surface area (Å²) >= 11 is 3.48. The molecule has 2 aromatic carbocycles. The van der Waals surface area contributed by atoms with Gasteiger partial charge in [-0.15, -0.1) is 0 Å². The number of hydrogen-bond donors (Lipinski definition) is 1. The van der Waals surface area contributed by atoms with Crippen molar-refractivity contribution >= 4 is 32.7 Å². The van der Waals surface area contributed by atoms with E-state index < -0.39 is 0 Å². The SMILES string of the molecule is Cc1cc2ncn(CCNc3cccc(Br)c3)c2cc1C. The lowest BCUT2D eigenvalue weighted by Crippen LogP contribution is -2.09. The standard InChI is InChI=1S/C17H18BrN3/c1-12-8-16-17(9-13(12)2)21(11-20-16)7-6-19-15-5-3-4-14(18)10-15/h3-5,8-11,19H,6-7H2,1-2H3. The molecule has 0 spiro atoms. The largest absolute Gasteiger partial charge is 0.383 e. The third-order valence-electron chi connectivity index (χ3n) is 3.74. The zero-order valence-electron chi connectivity index (χ0n) is 12.2. The van der Waals surface area contributed by atoms with Crippen LogP contribution >= 0.6 is 15.9 Å². The second kappa shape index (κ2) is 5.90. The van der Waals surface area contributed by atoms with Gasteiger partial charge in [-0.2, -0.15) is 0 Å². The fourth-order valence-electron chi connectivity index (χ4n) is 2.41. The lowest BCUT2D eigenvalue weighted by atomic mass is 10.1. The lowest BCUT2D eigenvalue weighted by Gasteiger charge is -2.09. The fraction of sp³-hybridized carbons (Fsp3) is 0.235. The van der Waals surface area contributed by atoms with E-state index in [1.807, 2.05) is 18.5 Å². The van der Waals surface area contributed by atoms with Crippen molar-refractivity contribution < 1.29 is 0 Å². The summed E-state index contributed by atoms with van der Waals surface area (Å²) in [5, 5.41) is 3.44. The Bertz CT molecular complexity index is 777. The van der Waals surface area contributed by atoms with E-state index in [0.717, 1.165) is 28.8 Å².